The van der Waals surface area contributed by atoms with E-state index in [0.717, 1.165) is 61.2 Å². The van der Waals surface area contributed by atoms with Crippen molar-refractivity contribution in [1.82, 2.24) is 9.47 Å². The van der Waals surface area contributed by atoms with Crippen molar-refractivity contribution >= 4 is 22.5 Å². The zero-order valence-electron chi connectivity index (χ0n) is 22.7. The van der Waals surface area contributed by atoms with E-state index in [1.807, 2.05) is 12.1 Å². The van der Waals surface area contributed by atoms with Crippen LogP contribution in [0, 0.1) is 6.92 Å². The molecule has 0 radical (unpaired) electrons. The van der Waals surface area contributed by atoms with Gasteiger partial charge in [0.2, 0.25) is 0 Å². The van der Waals surface area contributed by atoms with Gasteiger partial charge in [0.25, 0.3) is 0 Å². The number of aryl methyl sites for hydroxylation is 1. The number of likely N-dealkylation sites (tertiary alicyclic amines) is 1. The Morgan fingerprint density at radius 1 is 0.816 bits per heavy atom. The average molecular weight is 531 g/mol. The van der Waals surface area contributed by atoms with E-state index in [1.165, 1.54) is 60.1 Å². The maximum absolute atomic E-state index is 6.23. The van der Waals surface area contributed by atoms with Gasteiger partial charge in [-0.3, -0.25) is 4.90 Å². The van der Waals surface area contributed by atoms with Crippen molar-refractivity contribution in [2.75, 3.05) is 32.8 Å². The molecule has 1 fully saturated rings. The van der Waals surface area contributed by atoms with E-state index in [1.54, 1.807) is 0 Å². The summed E-state index contributed by atoms with van der Waals surface area (Å²) in [6.07, 6.45) is 6.18. The first kappa shape index (κ1) is 26.6. The summed E-state index contributed by atoms with van der Waals surface area (Å²) in [5, 5.41) is 1.97. The fourth-order valence-electron chi connectivity index (χ4n) is 5.42. The Morgan fingerprint density at radius 3 is 2.26 bits per heavy atom. The Hall–Kier alpha value is -2.95. The van der Waals surface area contributed by atoms with Crippen molar-refractivity contribution < 1.29 is 9.47 Å². The highest BCUT2D eigenvalue weighted by Crippen LogP contribution is 2.36. The summed E-state index contributed by atoms with van der Waals surface area (Å²) >= 11 is 6.23. The minimum absolute atomic E-state index is 0.740. The topological polar surface area (TPSA) is 26.6 Å². The van der Waals surface area contributed by atoms with Gasteiger partial charge in [-0.15, -0.1) is 0 Å². The van der Waals surface area contributed by atoms with E-state index < -0.39 is 0 Å². The van der Waals surface area contributed by atoms with E-state index in [4.69, 9.17) is 21.1 Å². The molecule has 3 aromatic carbocycles. The summed E-state index contributed by atoms with van der Waals surface area (Å²) in [4.78, 5) is 2.51. The number of piperidine rings is 1. The fraction of sp³-hybridized carbons (Fsp3) is 0.394. The number of ether oxygens (including phenoxy) is 2. The molecule has 0 amide bonds. The van der Waals surface area contributed by atoms with Gasteiger partial charge < -0.3 is 14.0 Å². The molecule has 2 heterocycles. The highest BCUT2D eigenvalue weighted by atomic mass is 35.5. The van der Waals surface area contributed by atoms with Crippen LogP contribution in [0.15, 0.2) is 66.7 Å². The Bertz CT molecular complexity index is 1320. The minimum atomic E-state index is 0.740. The Balaban J connectivity index is 1.38. The predicted octanol–water partition coefficient (Wildman–Crippen LogP) is 8.36. The van der Waals surface area contributed by atoms with Crippen LogP contribution in [0.25, 0.3) is 22.2 Å². The standard InChI is InChI=1S/C33H39ClN2O2/c1-3-4-21-37-30-16-17-32-31(23-30)25(2)33(27-10-12-28(34)13-11-27)36(32)24-26-8-14-29(15-9-26)38-22-20-35-18-6-5-7-19-35/h8-17,23H,3-7,18-22,24H2,1-2H3. The van der Waals surface area contributed by atoms with Crippen molar-refractivity contribution in [3.05, 3.63) is 82.9 Å². The van der Waals surface area contributed by atoms with E-state index in [-0.39, 0.29) is 0 Å². The molecule has 1 aliphatic heterocycles. The van der Waals surface area contributed by atoms with Crippen molar-refractivity contribution in [3.8, 4) is 22.8 Å². The van der Waals surface area contributed by atoms with Crippen LogP contribution in [-0.4, -0.2) is 42.3 Å². The van der Waals surface area contributed by atoms with E-state index in [2.05, 4.69) is 77.9 Å². The number of unbranched alkanes of at least 4 members (excludes halogenated alkanes) is 1. The number of benzene rings is 3. The van der Waals surface area contributed by atoms with Crippen LogP contribution in [0.3, 0.4) is 0 Å². The van der Waals surface area contributed by atoms with Gasteiger partial charge in [-0.2, -0.15) is 0 Å². The van der Waals surface area contributed by atoms with Gasteiger partial charge in [0.15, 0.2) is 0 Å². The van der Waals surface area contributed by atoms with Crippen molar-refractivity contribution in [2.45, 2.75) is 52.5 Å². The zero-order valence-corrected chi connectivity index (χ0v) is 23.5. The van der Waals surface area contributed by atoms with E-state index >= 15 is 0 Å². The maximum Gasteiger partial charge on any atom is 0.120 e. The highest BCUT2D eigenvalue weighted by Gasteiger charge is 2.17. The molecule has 4 aromatic rings. The van der Waals surface area contributed by atoms with Crippen LogP contribution in [0.2, 0.25) is 5.02 Å². The number of nitrogens with zero attached hydrogens (tertiary/aromatic N) is 2. The summed E-state index contributed by atoms with van der Waals surface area (Å²) in [6, 6.07) is 23.2. The smallest absolute Gasteiger partial charge is 0.120 e. The molecule has 1 saturated heterocycles. The van der Waals surface area contributed by atoms with Gasteiger partial charge in [-0.1, -0.05) is 55.6 Å². The molecule has 5 heteroatoms. The third-order valence-corrected chi connectivity index (χ3v) is 7.81. The molecule has 0 spiro atoms. The molecule has 38 heavy (non-hydrogen) atoms. The van der Waals surface area contributed by atoms with E-state index in [0.29, 0.717) is 0 Å². The monoisotopic (exact) mass is 530 g/mol. The lowest BCUT2D eigenvalue weighted by atomic mass is 10.1. The van der Waals surface area contributed by atoms with E-state index in [9.17, 15) is 0 Å². The number of aromatic nitrogens is 1. The van der Waals surface area contributed by atoms with Gasteiger partial charge in [-0.25, -0.2) is 0 Å². The Labute approximate surface area is 232 Å². The number of rotatable bonds is 11. The van der Waals surface area contributed by atoms with Crippen LogP contribution in [0.5, 0.6) is 11.5 Å². The van der Waals surface area contributed by atoms with Gasteiger partial charge >= 0.3 is 0 Å². The first-order valence-electron chi connectivity index (χ1n) is 14.1. The van der Waals surface area contributed by atoms with Crippen LogP contribution in [0.4, 0.5) is 0 Å². The second-order valence-corrected chi connectivity index (χ2v) is 10.8. The lowest BCUT2D eigenvalue weighted by Crippen LogP contribution is -2.33. The predicted molar refractivity (Wildman–Crippen MR) is 159 cm³/mol. The first-order valence-corrected chi connectivity index (χ1v) is 14.5. The number of hydrogen-bond acceptors (Lipinski definition) is 3. The molecule has 1 aliphatic rings. The Kier molecular flexibility index (Phi) is 8.93. The minimum Gasteiger partial charge on any atom is -0.494 e. The zero-order chi connectivity index (χ0) is 26.3. The van der Waals surface area contributed by atoms with Gasteiger partial charge in [0.1, 0.15) is 18.1 Å². The van der Waals surface area contributed by atoms with Crippen molar-refractivity contribution in [3.63, 3.8) is 0 Å². The molecular formula is C33H39ClN2O2. The van der Waals surface area contributed by atoms with Crippen LogP contribution < -0.4 is 9.47 Å². The molecule has 1 aromatic heterocycles. The average Bonchev–Trinajstić information content (AvgIpc) is 3.21. The summed E-state index contributed by atoms with van der Waals surface area (Å²) in [7, 11) is 0. The number of halogens is 1. The molecule has 5 rings (SSSR count). The summed E-state index contributed by atoms with van der Waals surface area (Å²) in [5.74, 6) is 1.87. The summed E-state index contributed by atoms with van der Waals surface area (Å²) < 4.78 is 14.5. The summed E-state index contributed by atoms with van der Waals surface area (Å²) in [5.41, 5.74) is 6.07. The normalized spacial score (nSPS) is 14.2. The molecule has 0 saturated carbocycles. The SMILES string of the molecule is CCCCOc1ccc2c(c1)c(C)c(-c1ccc(Cl)cc1)n2Cc1ccc(OCCN2CCCCC2)cc1. The lowest BCUT2D eigenvalue weighted by molar-refractivity contribution is 0.183. The molecule has 0 N–H and O–H groups in total. The quantitative estimate of drug-likeness (QED) is 0.182. The number of hydrogen-bond donors (Lipinski definition) is 0. The maximum atomic E-state index is 6.23. The van der Waals surface area contributed by atoms with Crippen molar-refractivity contribution in [2.24, 2.45) is 0 Å². The summed E-state index contributed by atoms with van der Waals surface area (Å²) in [6.45, 7) is 10.1. The second kappa shape index (κ2) is 12.7. The van der Waals surface area contributed by atoms with Crippen molar-refractivity contribution in [1.29, 1.82) is 0 Å². The third-order valence-electron chi connectivity index (χ3n) is 7.56. The molecule has 0 bridgehead atoms. The second-order valence-electron chi connectivity index (χ2n) is 10.3. The highest BCUT2D eigenvalue weighted by molar-refractivity contribution is 6.30. The van der Waals surface area contributed by atoms with Crippen LogP contribution >= 0.6 is 11.6 Å². The molecule has 0 aliphatic carbocycles. The van der Waals surface area contributed by atoms with Crippen LogP contribution in [0.1, 0.15) is 50.2 Å². The van der Waals surface area contributed by atoms with Crippen LogP contribution in [-0.2, 0) is 6.54 Å². The Morgan fingerprint density at radius 2 is 1.53 bits per heavy atom. The lowest BCUT2D eigenvalue weighted by Gasteiger charge is -2.26. The van der Waals surface area contributed by atoms with Gasteiger partial charge in [0.05, 0.1) is 12.3 Å². The fourth-order valence-corrected chi connectivity index (χ4v) is 5.55. The largest absolute Gasteiger partial charge is 0.494 e. The molecule has 4 nitrogen and oxygen atoms in total. The molecule has 0 atom stereocenters. The number of fused-ring (bicyclic) bond motifs is 1. The first-order chi connectivity index (χ1) is 18.6. The molecular weight excluding hydrogens is 492 g/mol. The van der Waals surface area contributed by atoms with Gasteiger partial charge in [-0.05, 0) is 98.4 Å². The third kappa shape index (κ3) is 6.36. The van der Waals surface area contributed by atoms with Gasteiger partial charge in [0, 0.05) is 29.0 Å². The molecule has 0 unspecified atom stereocenters. The molecule has 200 valence electrons.